The van der Waals surface area contributed by atoms with E-state index in [0.717, 1.165) is 27.0 Å². The molecule has 0 saturated carbocycles. The lowest BCUT2D eigenvalue weighted by Gasteiger charge is -2.10. The van der Waals surface area contributed by atoms with Crippen molar-refractivity contribution in [1.82, 2.24) is 19.7 Å². The molecule has 1 aromatic carbocycles. The fraction of sp³-hybridized carbons (Fsp3) is 0.238. The quantitative estimate of drug-likeness (QED) is 0.485. The van der Waals surface area contributed by atoms with Crippen LogP contribution in [0.15, 0.2) is 64.1 Å². The molecule has 0 atom stereocenters. The van der Waals surface area contributed by atoms with Crippen LogP contribution in [0.25, 0.3) is 0 Å². The second-order valence-corrected chi connectivity index (χ2v) is 7.72. The van der Waals surface area contributed by atoms with Crippen LogP contribution in [0.3, 0.4) is 0 Å². The summed E-state index contributed by atoms with van der Waals surface area (Å²) in [5, 5.41) is 4.05. The van der Waals surface area contributed by atoms with E-state index in [1.807, 2.05) is 38.4 Å². The van der Waals surface area contributed by atoms with Gasteiger partial charge in [0.1, 0.15) is 18.9 Å². The molecule has 0 aliphatic rings. The predicted octanol–water partition coefficient (Wildman–Crippen LogP) is 2.92. The second-order valence-electron chi connectivity index (χ2n) is 6.80. The molecule has 2 aromatic heterocycles. The summed E-state index contributed by atoms with van der Waals surface area (Å²) in [7, 11) is 3.97. The van der Waals surface area contributed by atoms with Gasteiger partial charge in [0, 0.05) is 28.8 Å². The Morgan fingerprint density at radius 2 is 1.90 bits per heavy atom. The molecular formula is C21H21BrN4O3. The number of ketones is 1. The first kappa shape index (κ1) is 20.9. The van der Waals surface area contributed by atoms with Gasteiger partial charge in [0.25, 0.3) is 5.56 Å². The van der Waals surface area contributed by atoms with Crippen molar-refractivity contribution in [2.45, 2.75) is 19.7 Å². The molecule has 0 radical (unpaired) electrons. The van der Waals surface area contributed by atoms with E-state index >= 15 is 0 Å². The van der Waals surface area contributed by atoms with Gasteiger partial charge in [0.15, 0.2) is 5.78 Å². The third kappa shape index (κ3) is 6.07. The maximum absolute atomic E-state index is 12.5. The largest absolute Gasteiger partial charge is 0.485 e. The minimum Gasteiger partial charge on any atom is -0.485 e. The summed E-state index contributed by atoms with van der Waals surface area (Å²) in [4.78, 5) is 31.0. The van der Waals surface area contributed by atoms with Gasteiger partial charge in [-0.25, -0.2) is 4.68 Å². The number of halogens is 1. The molecule has 7 nitrogen and oxygen atoms in total. The molecule has 0 amide bonds. The van der Waals surface area contributed by atoms with Crippen LogP contribution in [0.5, 0.6) is 5.75 Å². The average Bonchev–Trinajstić information content (AvgIpc) is 2.69. The van der Waals surface area contributed by atoms with Crippen molar-refractivity contribution >= 4 is 21.7 Å². The van der Waals surface area contributed by atoms with E-state index in [2.05, 4.69) is 30.9 Å². The third-order valence-corrected chi connectivity index (χ3v) is 4.56. The number of aromatic nitrogens is 3. The smallest absolute Gasteiger partial charge is 0.270 e. The third-order valence-electron chi connectivity index (χ3n) is 4.09. The lowest BCUT2D eigenvalue weighted by atomic mass is 10.1. The van der Waals surface area contributed by atoms with Gasteiger partial charge in [-0.3, -0.25) is 14.6 Å². The highest BCUT2D eigenvalue weighted by Crippen LogP contribution is 2.11. The van der Waals surface area contributed by atoms with Crippen LogP contribution >= 0.6 is 15.9 Å². The summed E-state index contributed by atoms with van der Waals surface area (Å²) in [6.07, 6.45) is 3.10. The van der Waals surface area contributed by atoms with Crippen molar-refractivity contribution in [3.63, 3.8) is 0 Å². The second kappa shape index (κ2) is 9.58. The van der Waals surface area contributed by atoms with Crippen LogP contribution in [-0.2, 0) is 19.7 Å². The van der Waals surface area contributed by atoms with Crippen LogP contribution in [0.4, 0.5) is 0 Å². The molecule has 29 heavy (non-hydrogen) atoms. The zero-order chi connectivity index (χ0) is 20.8. The van der Waals surface area contributed by atoms with Crippen LogP contribution in [-0.4, -0.2) is 39.5 Å². The van der Waals surface area contributed by atoms with E-state index in [0.29, 0.717) is 11.3 Å². The van der Waals surface area contributed by atoms with Crippen molar-refractivity contribution in [1.29, 1.82) is 0 Å². The molecule has 2 heterocycles. The average molecular weight is 457 g/mol. The SMILES string of the molecule is CN(C)Cc1ccc(C(=O)Cn2ncc(OCc3ccc(Br)cn3)cc2=O)cc1. The molecule has 0 N–H and O–H groups in total. The van der Waals surface area contributed by atoms with Crippen molar-refractivity contribution in [2.24, 2.45) is 0 Å². The fourth-order valence-corrected chi connectivity index (χ4v) is 2.89. The summed E-state index contributed by atoms with van der Waals surface area (Å²) < 4.78 is 7.56. The molecule has 0 spiro atoms. The summed E-state index contributed by atoms with van der Waals surface area (Å²) >= 11 is 3.32. The zero-order valence-electron chi connectivity index (χ0n) is 16.2. The molecule has 0 aliphatic heterocycles. The molecule has 3 rings (SSSR count). The Morgan fingerprint density at radius 3 is 2.52 bits per heavy atom. The molecule has 0 bridgehead atoms. The molecule has 150 valence electrons. The number of ether oxygens (including phenoxy) is 1. The van der Waals surface area contributed by atoms with Gasteiger partial charge in [-0.15, -0.1) is 0 Å². The number of carbonyl (C=O) groups excluding carboxylic acids is 1. The summed E-state index contributed by atoms with van der Waals surface area (Å²) in [6.45, 7) is 0.893. The minimum atomic E-state index is -0.399. The highest BCUT2D eigenvalue weighted by Gasteiger charge is 2.10. The standard InChI is InChI=1S/C21H21BrN4O3/c1-25(2)12-15-3-5-16(6-4-15)20(27)13-26-21(28)9-19(11-24-26)29-14-18-8-7-17(22)10-23-18/h3-11H,12-14H2,1-2H3. The molecule has 0 unspecified atom stereocenters. The Balaban J connectivity index is 1.61. The van der Waals surface area contributed by atoms with Gasteiger partial charge in [0.2, 0.25) is 0 Å². The van der Waals surface area contributed by atoms with Gasteiger partial charge >= 0.3 is 0 Å². The topological polar surface area (TPSA) is 77.3 Å². The first-order valence-corrected chi connectivity index (χ1v) is 9.77. The normalized spacial score (nSPS) is 10.9. The Labute approximate surface area is 177 Å². The Hall–Kier alpha value is -2.84. The number of rotatable bonds is 8. The summed E-state index contributed by atoms with van der Waals surface area (Å²) in [6, 6.07) is 12.4. The van der Waals surface area contributed by atoms with E-state index < -0.39 is 5.56 Å². The Morgan fingerprint density at radius 1 is 1.14 bits per heavy atom. The van der Waals surface area contributed by atoms with E-state index in [1.54, 1.807) is 18.3 Å². The number of Topliss-reactive ketones (excluding diaryl/α,β-unsaturated/α-hetero) is 1. The predicted molar refractivity (Wildman–Crippen MR) is 113 cm³/mol. The molecule has 0 saturated heterocycles. The van der Waals surface area contributed by atoms with Crippen molar-refractivity contribution in [3.8, 4) is 5.75 Å². The van der Waals surface area contributed by atoms with Gasteiger partial charge < -0.3 is 9.64 Å². The van der Waals surface area contributed by atoms with Crippen LogP contribution in [0, 0.1) is 0 Å². The first-order valence-electron chi connectivity index (χ1n) is 8.98. The zero-order valence-corrected chi connectivity index (χ0v) is 17.8. The van der Waals surface area contributed by atoms with Crippen LogP contribution in [0.2, 0.25) is 0 Å². The lowest BCUT2D eigenvalue weighted by Crippen LogP contribution is -2.26. The van der Waals surface area contributed by atoms with E-state index in [9.17, 15) is 9.59 Å². The molecule has 3 aromatic rings. The Bertz CT molecular complexity index is 1030. The van der Waals surface area contributed by atoms with E-state index in [4.69, 9.17) is 4.74 Å². The fourth-order valence-electron chi connectivity index (χ4n) is 2.65. The number of hydrogen-bond acceptors (Lipinski definition) is 6. The highest BCUT2D eigenvalue weighted by atomic mass is 79.9. The summed E-state index contributed by atoms with van der Waals surface area (Å²) in [5.74, 6) is 0.153. The maximum atomic E-state index is 12.5. The molecule has 8 heteroatoms. The van der Waals surface area contributed by atoms with Gasteiger partial charge in [-0.05, 0) is 47.7 Å². The first-order chi connectivity index (χ1) is 13.9. The van der Waals surface area contributed by atoms with Crippen LogP contribution in [0.1, 0.15) is 21.6 Å². The van der Waals surface area contributed by atoms with Gasteiger partial charge in [-0.1, -0.05) is 24.3 Å². The van der Waals surface area contributed by atoms with Crippen molar-refractivity contribution < 1.29 is 9.53 Å². The van der Waals surface area contributed by atoms with Crippen LogP contribution < -0.4 is 10.3 Å². The van der Waals surface area contributed by atoms with Gasteiger partial charge in [-0.2, -0.15) is 5.10 Å². The number of hydrogen-bond donors (Lipinski definition) is 0. The number of nitrogens with zero attached hydrogens (tertiary/aromatic N) is 4. The number of pyridine rings is 1. The molecular weight excluding hydrogens is 436 g/mol. The summed E-state index contributed by atoms with van der Waals surface area (Å²) in [5.41, 5.74) is 1.99. The lowest BCUT2D eigenvalue weighted by molar-refractivity contribution is 0.0965. The molecule has 0 aliphatic carbocycles. The highest BCUT2D eigenvalue weighted by molar-refractivity contribution is 9.10. The maximum Gasteiger partial charge on any atom is 0.270 e. The Kier molecular flexibility index (Phi) is 6.90. The van der Waals surface area contributed by atoms with Crippen molar-refractivity contribution in [2.75, 3.05) is 14.1 Å². The van der Waals surface area contributed by atoms with E-state index in [-0.39, 0.29) is 18.9 Å². The molecule has 0 fully saturated rings. The van der Waals surface area contributed by atoms with Crippen molar-refractivity contribution in [3.05, 3.63) is 86.5 Å². The van der Waals surface area contributed by atoms with E-state index in [1.165, 1.54) is 12.3 Å². The van der Waals surface area contributed by atoms with Gasteiger partial charge in [0.05, 0.1) is 11.9 Å². The monoisotopic (exact) mass is 456 g/mol. The number of benzene rings is 1. The number of carbonyl (C=O) groups is 1. The minimum absolute atomic E-state index is 0.125.